The number of likely N-dealkylation sites (N-methyl/N-ethyl adjacent to an activating group) is 1. The highest BCUT2D eigenvalue weighted by molar-refractivity contribution is 9.10. The summed E-state index contributed by atoms with van der Waals surface area (Å²) < 4.78 is 7.23. The van der Waals surface area contributed by atoms with Crippen LogP contribution >= 0.6 is 39.7 Å². The van der Waals surface area contributed by atoms with Crippen LogP contribution in [0, 0.1) is 0 Å². The van der Waals surface area contributed by atoms with Gasteiger partial charge in [-0.2, -0.15) is 0 Å². The first-order valence-electron chi connectivity index (χ1n) is 8.14. The first-order valence-corrected chi connectivity index (χ1v) is 9.75. The third-order valence-corrected chi connectivity index (χ3v) is 5.46. The molecule has 0 saturated heterocycles. The van der Waals surface area contributed by atoms with Crippen molar-refractivity contribution in [1.29, 1.82) is 0 Å². The molecule has 0 N–H and O–H groups in total. The highest BCUT2D eigenvalue weighted by atomic mass is 79.9. The molecule has 0 aliphatic heterocycles. The van der Waals surface area contributed by atoms with Gasteiger partial charge in [0.15, 0.2) is 5.13 Å². The van der Waals surface area contributed by atoms with E-state index in [-0.39, 0.29) is 18.3 Å². The molecule has 0 radical (unpaired) electrons. The Kier molecular flexibility index (Phi) is 7.61. The molecular formula is C19H21BrClN3O2S. The predicted octanol–water partition coefficient (Wildman–Crippen LogP) is 4.70. The lowest BCUT2D eigenvalue weighted by Gasteiger charge is -2.22. The van der Waals surface area contributed by atoms with E-state index in [2.05, 4.69) is 25.8 Å². The summed E-state index contributed by atoms with van der Waals surface area (Å²) in [5, 5.41) is 0.709. The largest absolute Gasteiger partial charge is 0.497 e. The van der Waals surface area contributed by atoms with Gasteiger partial charge in [0, 0.05) is 23.1 Å². The molecule has 0 saturated carbocycles. The van der Waals surface area contributed by atoms with Crippen LogP contribution in [-0.4, -0.2) is 50.1 Å². The number of fused-ring (bicyclic) bond motifs is 1. The lowest BCUT2D eigenvalue weighted by atomic mass is 10.2. The van der Waals surface area contributed by atoms with Gasteiger partial charge in [0.2, 0.25) is 0 Å². The fraction of sp³-hybridized carbons (Fsp3) is 0.263. The second-order valence-electron chi connectivity index (χ2n) is 6.10. The second-order valence-corrected chi connectivity index (χ2v) is 8.02. The van der Waals surface area contributed by atoms with Crippen molar-refractivity contribution in [3.8, 4) is 5.75 Å². The molecule has 1 aromatic heterocycles. The lowest BCUT2D eigenvalue weighted by Crippen LogP contribution is -2.36. The van der Waals surface area contributed by atoms with E-state index in [1.807, 2.05) is 32.3 Å². The standard InChI is InChI=1S/C19H20BrN3O2S.ClH/c1-22(2)10-11-23(18(24)13-4-7-15(25-3)8-5-13)19-21-16-9-6-14(20)12-17(16)26-19;/h4-9,12H,10-11H2,1-3H3;1H. The summed E-state index contributed by atoms with van der Waals surface area (Å²) in [5.41, 5.74) is 1.51. The number of carbonyl (C=O) groups is 1. The van der Waals surface area contributed by atoms with Crippen molar-refractivity contribution in [2.45, 2.75) is 0 Å². The number of methoxy groups -OCH3 is 1. The summed E-state index contributed by atoms with van der Waals surface area (Å²) >= 11 is 5.01. The van der Waals surface area contributed by atoms with E-state index in [9.17, 15) is 4.79 Å². The summed E-state index contributed by atoms with van der Waals surface area (Å²) in [6.07, 6.45) is 0. The van der Waals surface area contributed by atoms with E-state index in [0.717, 1.165) is 27.0 Å². The van der Waals surface area contributed by atoms with Crippen LogP contribution in [0.2, 0.25) is 0 Å². The quantitative estimate of drug-likeness (QED) is 0.524. The molecule has 0 unspecified atom stereocenters. The third-order valence-electron chi connectivity index (χ3n) is 3.92. The number of thiazole rings is 1. The fourth-order valence-corrected chi connectivity index (χ4v) is 4.02. The highest BCUT2D eigenvalue weighted by Gasteiger charge is 2.21. The van der Waals surface area contributed by atoms with Gasteiger partial charge in [-0.1, -0.05) is 27.3 Å². The maximum absolute atomic E-state index is 13.1. The fourth-order valence-electron chi connectivity index (χ4n) is 2.48. The van der Waals surface area contributed by atoms with Crippen molar-refractivity contribution in [2.24, 2.45) is 0 Å². The minimum Gasteiger partial charge on any atom is -0.497 e. The van der Waals surface area contributed by atoms with Gasteiger partial charge >= 0.3 is 0 Å². The molecule has 2 aromatic carbocycles. The van der Waals surface area contributed by atoms with Crippen molar-refractivity contribution >= 4 is 60.9 Å². The molecule has 0 fully saturated rings. The normalized spacial score (nSPS) is 10.7. The maximum atomic E-state index is 13.1. The van der Waals surface area contributed by atoms with E-state index in [0.29, 0.717) is 17.2 Å². The zero-order chi connectivity index (χ0) is 18.7. The molecule has 0 bridgehead atoms. The van der Waals surface area contributed by atoms with E-state index in [1.54, 1.807) is 36.3 Å². The minimum atomic E-state index is -0.0624. The van der Waals surface area contributed by atoms with Crippen LogP contribution in [0.15, 0.2) is 46.9 Å². The molecule has 1 heterocycles. The topological polar surface area (TPSA) is 45.7 Å². The number of carbonyl (C=O) groups excluding carboxylic acids is 1. The second kappa shape index (κ2) is 9.50. The summed E-state index contributed by atoms with van der Waals surface area (Å²) in [5.74, 6) is 0.666. The molecule has 0 aliphatic rings. The Balaban J connectivity index is 0.00000261. The van der Waals surface area contributed by atoms with Crippen LogP contribution in [0.25, 0.3) is 10.2 Å². The van der Waals surface area contributed by atoms with Crippen LogP contribution in [0.3, 0.4) is 0 Å². The average Bonchev–Trinajstić information content (AvgIpc) is 3.04. The van der Waals surface area contributed by atoms with E-state index < -0.39 is 0 Å². The third kappa shape index (κ3) is 5.19. The van der Waals surface area contributed by atoms with Crippen molar-refractivity contribution in [1.82, 2.24) is 9.88 Å². The Morgan fingerprint density at radius 1 is 1.15 bits per heavy atom. The first-order chi connectivity index (χ1) is 12.5. The number of aromatic nitrogens is 1. The number of amides is 1. The molecule has 3 aromatic rings. The first kappa shape index (κ1) is 21.6. The summed E-state index contributed by atoms with van der Waals surface area (Å²) in [6, 6.07) is 13.1. The van der Waals surface area contributed by atoms with Gasteiger partial charge in [-0.15, -0.1) is 12.4 Å². The number of hydrogen-bond donors (Lipinski definition) is 0. The Morgan fingerprint density at radius 3 is 2.48 bits per heavy atom. The average molecular weight is 471 g/mol. The van der Waals surface area contributed by atoms with E-state index in [4.69, 9.17) is 4.74 Å². The lowest BCUT2D eigenvalue weighted by molar-refractivity contribution is 0.0985. The van der Waals surface area contributed by atoms with Gasteiger partial charge in [-0.25, -0.2) is 4.98 Å². The molecule has 27 heavy (non-hydrogen) atoms. The number of hydrogen-bond acceptors (Lipinski definition) is 5. The smallest absolute Gasteiger partial charge is 0.260 e. The van der Waals surface area contributed by atoms with Crippen LogP contribution < -0.4 is 9.64 Å². The summed E-state index contributed by atoms with van der Waals surface area (Å²) in [4.78, 5) is 21.6. The minimum absolute atomic E-state index is 0. The van der Waals surface area contributed by atoms with Gasteiger partial charge in [-0.3, -0.25) is 9.69 Å². The number of rotatable bonds is 6. The number of ether oxygens (including phenoxy) is 1. The molecule has 3 rings (SSSR count). The van der Waals surface area contributed by atoms with Crippen LogP contribution in [-0.2, 0) is 0 Å². The molecule has 144 valence electrons. The van der Waals surface area contributed by atoms with Gasteiger partial charge < -0.3 is 9.64 Å². The van der Waals surface area contributed by atoms with E-state index >= 15 is 0 Å². The summed E-state index contributed by atoms with van der Waals surface area (Å²) in [6.45, 7) is 1.32. The number of benzene rings is 2. The molecular weight excluding hydrogens is 450 g/mol. The maximum Gasteiger partial charge on any atom is 0.260 e. The zero-order valence-corrected chi connectivity index (χ0v) is 18.5. The van der Waals surface area contributed by atoms with Gasteiger partial charge in [-0.05, 0) is 56.6 Å². The number of nitrogens with zero attached hydrogens (tertiary/aromatic N) is 3. The molecule has 1 amide bonds. The van der Waals surface area contributed by atoms with Gasteiger partial charge in [0.05, 0.1) is 17.3 Å². The molecule has 0 atom stereocenters. The van der Waals surface area contributed by atoms with Crippen molar-refractivity contribution in [3.05, 3.63) is 52.5 Å². The molecule has 5 nitrogen and oxygen atoms in total. The Morgan fingerprint density at radius 2 is 1.85 bits per heavy atom. The Hall–Kier alpha value is -1.67. The van der Waals surface area contributed by atoms with Gasteiger partial charge in [0.1, 0.15) is 5.75 Å². The molecule has 0 spiro atoms. The SMILES string of the molecule is COc1ccc(C(=O)N(CCN(C)C)c2nc3ccc(Br)cc3s2)cc1.Cl. The van der Waals surface area contributed by atoms with E-state index in [1.165, 1.54) is 11.3 Å². The van der Waals surface area contributed by atoms with Crippen molar-refractivity contribution in [3.63, 3.8) is 0 Å². The predicted molar refractivity (Wildman–Crippen MR) is 118 cm³/mol. The Labute approximate surface area is 177 Å². The van der Waals surface area contributed by atoms with Gasteiger partial charge in [0.25, 0.3) is 5.91 Å². The number of halogens is 2. The molecule has 0 aliphatic carbocycles. The van der Waals surface area contributed by atoms with Crippen molar-refractivity contribution < 1.29 is 9.53 Å². The molecule has 8 heteroatoms. The van der Waals surface area contributed by atoms with Crippen molar-refractivity contribution in [2.75, 3.05) is 39.2 Å². The monoisotopic (exact) mass is 469 g/mol. The van der Waals surface area contributed by atoms with Crippen LogP contribution in [0.4, 0.5) is 5.13 Å². The van der Waals surface area contributed by atoms with Crippen LogP contribution in [0.1, 0.15) is 10.4 Å². The van der Waals surface area contributed by atoms with Crippen LogP contribution in [0.5, 0.6) is 5.75 Å². The summed E-state index contributed by atoms with van der Waals surface area (Å²) in [7, 11) is 5.59. The highest BCUT2D eigenvalue weighted by Crippen LogP contribution is 2.31. The Bertz CT molecular complexity index is 915. The number of anilines is 1. The zero-order valence-electron chi connectivity index (χ0n) is 15.3.